The fourth-order valence-electron chi connectivity index (χ4n) is 2.77. The number of halogens is 2. The first-order valence-electron chi connectivity index (χ1n) is 8.96. The van der Waals surface area contributed by atoms with Gasteiger partial charge in [0.2, 0.25) is 5.91 Å². The SMILES string of the molecule is COc1ccc(CN(C)C(C)C(=O)NCc2ccccc2C)cc1OC(F)F. The van der Waals surface area contributed by atoms with Crippen molar-refractivity contribution in [1.82, 2.24) is 10.2 Å². The molecule has 2 aromatic carbocycles. The van der Waals surface area contributed by atoms with E-state index in [1.54, 1.807) is 26.1 Å². The summed E-state index contributed by atoms with van der Waals surface area (Å²) in [6.07, 6.45) is 0. The second kappa shape index (κ2) is 10.0. The van der Waals surface area contributed by atoms with Crippen molar-refractivity contribution in [2.24, 2.45) is 0 Å². The van der Waals surface area contributed by atoms with Gasteiger partial charge in [0, 0.05) is 13.1 Å². The summed E-state index contributed by atoms with van der Waals surface area (Å²) in [5.41, 5.74) is 2.92. The number of hydrogen-bond acceptors (Lipinski definition) is 4. The summed E-state index contributed by atoms with van der Waals surface area (Å²) in [5, 5.41) is 2.94. The minimum Gasteiger partial charge on any atom is -0.493 e. The van der Waals surface area contributed by atoms with Gasteiger partial charge in [-0.05, 0) is 49.7 Å². The van der Waals surface area contributed by atoms with E-state index < -0.39 is 12.7 Å². The lowest BCUT2D eigenvalue weighted by Gasteiger charge is -2.24. The topological polar surface area (TPSA) is 50.8 Å². The van der Waals surface area contributed by atoms with E-state index in [-0.39, 0.29) is 17.4 Å². The van der Waals surface area contributed by atoms with E-state index >= 15 is 0 Å². The van der Waals surface area contributed by atoms with Crippen molar-refractivity contribution in [3.63, 3.8) is 0 Å². The van der Waals surface area contributed by atoms with E-state index in [0.717, 1.165) is 16.7 Å². The van der Waals surface area contributed by atoms with Gasteiger partial charge in [0.15, 0.2) is 11.5 Å². The molecule has 1 N–H and O–H groups in total. The number of ether oxygens (including phenoxy) is 2. The molecule has 1 amide bonds. The van der Waals surface area contributed by atoms with E-state index in [0.29, 0.717) is 13.1 Å². The molecule has 5 nitrogen and oxygen atoms in total. The molecule has 0 fully saturated rings. The standard InChI is InChI=1S/C21H26F2N2O3/c1-14-7-5-6-8-17(14)12-24-20(26)15(2)25(3)13-16-9-10-18(27-4)19(11-16)28-21(22)23/h5-11,15,21H,12-13H2,1-4H3,(H,24,26). The van der Waals surface area contributed by atoms with Crippen LogP contribution in [0.4, 0.5) is 8.78 Å². The van der Waals surface area contributed by atoms with Crippen LogP contribution in [0.1, 0.15) is 23.6 Å². The highest BCUT2D eigenvalue weighted by Crippen LogP contribution is 2.30. The number of carbonyl (C=O) groups is 1. The summed E-state index contributed by atoms with van der Waals surface area (Å²) in [7, 11) is 3.19. The molecule has 0 aliphatic carbocycles. The third-order valence-corrected chi connectivity index (χ3v) is 4.63. The predicted molar refractivity (Wildman–Crippen MR) is 104 cm³/mol. The average Bonchev–Trinajstić information content (AvgIpc) is 2.66. The molecule has 1 atom stereocenters. The summed E-state index contributed by atoms with van der Waals surface area (Å²) in [4.78, 5) is 14.3. The lowest BCUT2D eigenvalue weighted by atomic mass is 10.1. The van der Waals surface area contributed by atoms with Crippen molar-refractivity contribution < 1.29 is 23.0 Å². The van der Waals surface area contributed by atoms with Crippen LogP contribution in [0.3, 0.4) is 0 Å². The average molecular weight is 392 g/mol. The number of rotatable bonds is 9. The predicted octanol–water partition coefficient (Wildman–Crippen LogP) is 3.74. The summed E-state index contributed by atoms with van der Waals surface area (Å²) in [5.74, 6) is 0.0964. The molecule has 2 rings (SSSR count). The molecular formula is C21H26F2N2O3. The third kappa shape index (κ3) is 5.92. The number of hydrogen-bond donors (Lipinski definition) is 1. The smallest absolute Gasteiger partial charge is 0.387 e. The van der Waals surface area contributed by atoms with Gasteiger partial charge in [0.1, 0.15) is 0 Å². The number of amides is 1. The number of nitrogens with one attached hydrogen (secondary N) is 1. The highest BCUT2D eigenvalue weighted by molar-refractivity contribution is 5.81. The first-order chi connectivity index (χ1) is 13.3. The molecule has 0 heterocycles. The molecule has 7 heteroatoms. The number of likely N-dealkylation sites (N-methyl/N-ethyl adjacent to an activating group) is 1. The molecular weight excluding hydrogens is 366 g/mol. The maximum absolute atomic E-state index is 12.6. The fraction of sp³-hybridized carbons (Fsp3) is 0.381. The molecule has 0 spiro atoms. The molecule has 0 aliphatic rings. The molecule has 0 bridgehead atoms. The normalized spacial score (nSPS) is 12.1. The maximum atomic E-state index is 12.6. The van der Waals surface area contributed by atoms with E-state index in [1.165, 1.54) is 13.2 Å². The molecule has 0 aromatic heterocycles. The summed E-state index contributed by atoms with van der Waals surface area (Å²) in [6.45, 7) is 1.71. The second-order valence-electron chi connectivity index (χ2n) is 6.60. The van der Waals surface area contributed by atoms with Crippen molar-refractivity contribution in [3.8, 4) is 11.5 Å². The van der Waals surface area contributed by atoms with Gasteiger partial charge in [0.05, 0.1) is 13.2 Å². The number of aryl methyl sites for hydroxylation is 1. The quantitative estimate of drug-likeness (QED) is 0.706. The zero-order valence-corrected chi connectivity index (χ0v) is 16.5. The number of benzene rings is 2. The van der Waals surface area contributed by atoms with Crippen LogP contribution in [0.5, 0.6) is 11.5 Å². The van der Waals surface area contributed by atoms with E-state index in [4.69, 9.17) is 4.74 Å². The van der Waals surface area contributed by atoms with E-state index in [2.05, 4.69) is 10.1 Å². The van der Waals surface area contributed by atoms with Crippen molar-refractivity contribution in [1.29, 1.82) is 0 Å². The van der Waals surface area contributed by atoms with Gasteiger partial charge >= 0.3 is 6.61 Å². The zero-order valence-electron chi connectivity index (χ0n) is 16.5. The van der Waals surface area contributed by atoms with Crippen molar-refractivity contribution in [2.45, 2.75) is 39.6 Å². The molecule has 0 radical (unpaired) electrons. The Hall–Kier alpha value is -2.67. The Morgan fingerprint density at radius 3 is 2.54 bits per heavy atom. The lowest BCUT2D eigenvalue weighted by Crippen LogP contribution is -2.42. The molecule has 0 aliphatic heterocycles. The van der Waals surface area contributed by atoms with Gasteiger partial charge < -0.3 is 14.8 Å². The van der Waals surface area contributed by atoms with Crippen LogP contribution >= 0.6 is 0 Å². The zero-order chi connectivity index (χ0) is 20.7. The molecule has 152 valence electrons. The minimum absolute atomic E-state index is 0.0277. The van der Waals surface area contributed by atoms with Crippen molar-refractivity contribution in [3.05, 3.63) is 59.2 Å². The maximum Gasteiger partial charge on any atom is 0.387 e. The van der Waals surface area contributed by atoms with Crippen LogP contribution in [0.25, 0.3) is 0 Å². The first kappa shape index (κ1) is 21.6. The Morgan fingerprint density at radius 1 is 1.18 bits per heavy atom. The molecule has 2 aromatic rings. The van der Waals surface area contributed by atoms with Gasteiger partial charge in [-0.15, -0.1) is 0 Å². The third-order valence-electron chi connectivity index (χ3n) is 4.63. The Labute approximate surface area is 164 Å². The number of methoxy groups -OCH3 is 1. The van der Waals surface area contributed by atoms with Crippen LogP contribution < -0.4 is 14.8 Å². The molecule has 28 heavy (non-hydrogen) atoms. The molecule has 1 unspecified atom stereocenters. The van der Waals surface area contributed by atoms with Gasteiger partial charge in [-0.3, -0.25) is 9.69 Å². The highest BCUT2D eigenvalue weighted by Gasteiger charge is 2.19. The Morgan fingerprint density at radius 2 is 1.89 bits per heavy atom. The van der Waals surface area contributed by atoms with Gasteiger partial charge in [-0.2, -0.15) is 8.78 Å². The van der Waals surface area contributed by atoms with Gasteiger partial charge in [-0.25, -0.2) is 0 Å². The van der Waals surface area contributed by atoms with Gasteiger partial charge in [-0.1, -0.05) is 30.3 Å². The van der Waals surface area contributed by atoms with Crippen molar-refractivity contribution in [2.75, 3.05) is 14.2 Å². The van der Waals surface area contributed by atoms with Crippen LogP contribution in [0.15, 0.2) is 42.5 Å². The monoisotopic (exact) mass is 392 g/mol. The highest BCUT2D eigenvalue weighted by atomic mass is 19.3. The Bertz CT molecular complexity index is 799. The molecule has 0 saturated carbocycles. The van der Waals surface area contributed by atoms with E-state index in [1.807, 2.05) is 36.1 Å². The van der Waals surface area contributed by atoms with Crippen LogP contribution in [-0.4, -0.2) is 37.6 Å². The van der Waals surface area contributed by atoms with Crippen LogP contribution in [-0.2, 0) is 17.9 Å². The summed E-state index contributed by atoms with van der Waals surface area (Å²) in [6, 6.07) is 12.3. The fourth-order valence-corrected chi connectivity index (χ4v) is 2.77. The largest absolute Gasteiger partial charge is 0.493 e. The summed E-state index contributed by atoms with van der Waals surface area (Å²) >= 11 is 0. The number of carbonyl (C=O) groups excluding carboxylic acids is 1. The Kier molecular flexibility index (Phi) is 7.75. The van der Waals surface area contributed by atoms with Gasteiger partial charge in [0.25, 0.3) is 0 Å². The molecule has 0 saturated heterocycles. The van der Waals surface area contributed by atoms with Crippen LogP contribution in [0.2, 0.25) is 0 Å². The number of nitrogens with zero attached hydrogens (tertiary/aromatic N) is 1. The second-order valence-corrected chi connectivity index (χ2v) is 6.60. The Balaban J connectivity index is 1.98. The number of alkyl halides is 2. The van der Waals surface area contributed by atoms with Crippen molar-refractivity contribution >= 4 is 5.91 Å². The first-order valence-corrected chi connectivity index (χ1v) is 8.96. The summed E-state index contributed by atoms with van der Waals surface area (Å²) < 4.78 is 34.7. The lowest BCUT2D eigenvalue weighted by molar-refractivity contribution is -0.125. The van der Waals surface area contributed by atoms with E-state index in [9.17, 15) is 13.6 Å². The van der Waals surface area contributed by atoms with Crippen LogP contribution in [0, 0.1) is 6.92 Å². The minimum atomic E-state index is -2.94.